The van der Waals surface area contributed by atoms with Gasteiger partial charge in [0.2, 0.25) is 0 Å². The highest BCUT2D eigenvalue weighted by Gasteiger charge is 2.17. The first-order valence-corrected chi connectivity index (χ1v) is 6.89. The molecule has 1 aromatic carbocycles. The third-order valence-electron chi connectivity index (χ3n) is 3.57. The van der Waals surface area contributed by atoms with E-state index in [9.17, 15) is 0 Å². The molecular weight excluding hydrogens is 260 g/mol. The Morgan fingerprint density at radius 1 is 1.05 bits per heavy atom. The van der Waals surface area contributed by atoms with E-state index in [1.165, 1.54) is 5.56 Å². The van der Waals surface area contributed by atoms with Crippen LogP contribution in [0.25, 0.3) is 22.4 Å². The van der Waals surface area contributed by atoms with Gasteiger partial charge in [0.05, 0.1) is 5.56 Å². The summed E-state index contributed by atoms with van der Waals surface area (Å²) in [6, 6.07) is 12.3. The lowest BCUT2D eigenvalue weighted by atomic mass is 9.99. The van der Waals surface area contributed by atoms with Crippen LogP contribution in [0.5, 0.6) is 0 Å². The SMILES string of the molecule is Cc1cccc(-c2c(-c3ccnc(C)c3)nn(C)c2N)c1. The van der Waals surface area contributed by atoms with Crippen molar-refractivity contribution in [3.8, 4) is 22.4 Å². The summed E-state index contributed by atoms with van der Waals surface area (Å²) in [5.41, 5.74) is 12.4. The topological polar surface area (TPSA) is 56.7 Å². The van der Waals surface area contributed by atoms with E-state index >= 15 is 0 Å². The average molecular weight is 278 g/mol. The number of rotatable bonds is 2. The van der Waals surface area contributed by atoms with Crippen LogP contribution in [0.15, 0.2) is 42.6 Å². The van der Waals surface area contributed by atoms with Crippen LogP contribution in [0.3, 0.4) is 0 Å². The lowest BCUT2D eigenvalue weighted by Gasteiger charge is -2.06. The molecule has 0 amide bonds. The van der Waals surface area contributed by atoms with E-state index < -0.39 is 0 Å². The molecule has 0 aliphatic heterocycles. The van der Waals surface area contributed by atoms with Gasteiger partial charge in [-0.15, -0.1) is 0 Å². The summed E-state index contributed by atoms with van der Waals surface area (Å²) in [4.78, 5) is 4.25. The van der Waals surface area contributed by atoms with Crippen LogP contribution in [0.2, 0.25) is 0 Å². The summed E-state index contributed by atoms with van der Waals surface area (Å²) in [7, 11) is 1.87. The number of hydrogen-bond donors (Lipinski definition) is 1. The molecule has 0 aliphatic rings. The maximum Gasteiger partial charge on any atom is 0.129 e. The normalized spacial score (nSPS) is 10.8. The minimum Gasteiger partial charge on any atom is -0.383 e. The van der Waals surface area contributed by atoms with E-state index in [4.69, 9.17) is 5.73 Å². The first-order valence-electron chi connectivity index (χ1n) is 6.89. The van der Waals surface area contributed by atoms with Crippen LogP contribution < -0.4 is 5.73 Å². The molecule has 3 aromatic rings. The molecular formula is C17H18N4. The Kier molecular flexibility index (Phi) is 3.22. The van der Waals surface area contributed by atoms with Crippen molar-refractivity contribution in [2.45, 2.75) is 13.8 Å². The standard InChI is InChI=1S/C17H18N4/c1-11-5-4-6-13(9-11)15-16(20-21(3)17(15)18)14-7-8-19-12(2)10-14/h4-10H,18H2,1-3H3. The van der Waals surface area contributed by atoms with Gasteiger partial charge in [-0.3, -0.25) is 9.67 Å². The number of aryl methyl sites for hydroxylation is 3. The minimum absolute atomic E-state index is 0.671. The van der Waals surface area contributed by atoms with Gasteiger partial charge < -0.3 is 5.73 Å². The molecule has 3 rings (SSSR count). The van der Waals surface area contributed by atoms with E-state index in [2.05, 4.69) is 35.2 Å². The molecule has 0 spiro atoms. The van der Waals surface area contributed by atoms with Gasteiger partial charge in [-0.25, -0.2) is 0 Å². The number of nitrogen functional groups attached to an aromatic ring is 1. The number of pyridine rings is 1. The van der Waals surface area contributed by atoms with Crippen molar-refractivity contribution in [1.29, 1.82) is 0 Å². The third kappa shape index (κ3) is 2.40. The Balaban J connectivity index is 2.25. The molecule has 0 saturated heterocycles. The monoisotopic (exact) mass is 278 g/mol. The van der Waals surface area contributed by atoms with Crippen molar-refractivity contribution in [2.24, 2.45) is 7.05 Å². The maximum atomic E-state index is 6.25. The number of benzene rings is 1. The molecule has 2 aromatic heterocycles. The predicted octanol–water partition coefficient (Wildman–Crippen LogP) is 3.35. The zero-order valence-electron chi connectivity index (χ0n) is 12.5. The van der Waals surface area contributed by atoms with Gasteiger partial charge in [0, 0.05) is 24.5 Å². The summed E-state index contributed by atoms with van der Waals surface area (Å²) in [5.74, 6) is 0.671. The van der Waals surface area contributed by atoms with Crippen LogP contribution in [0, 0.1) is 13.8 Å². The average Bonchev–Trinajstić information content (AvgIpc) is 2.75. The summed E-state index contributed by atoms with van der Waals surface area (Å²) < 4.78 is 1.72. The maximum absolute atomic E-state index is 6.25. The minimum atomic E-state index is 0.671. The van der Waals surface area contributed by atoms with E-state index in [0.29, 0.717) is 5.82 Å². The van der Waals surface area contributed by atoms with E-state index in [0.717, 1.165) is 28.1 Å². The van der Waals surface area contributed by atoms with Crippen molar-refractivity contribution in [2.75, 3.05) is 5.73 Å². The molecule has 0 fully saturated rings. The Bertz CT molecular complexity index is 802. The molecule has 0 aliphatic carbocycles. The number of nitrogens with zero attached hydrogens (tertiary/aromatic N) is 3. The fraction of sp³-hybridized carbons (Fsp3) is 0.176. The van der Waals surface area contributed by atoms with Crippen molar-refractivity contribution >= 4 is 5.82 Å². The third-order valence-corrected chi connectivity index (χ3v) is 3.57. The quantitative estimate of drug-likeness (QED) is 0.782. The fourth-order valence-electron chi connectivity index (χ4n) is 2.52. The largest absolute Gasteiger partial charge is 0.383 e. The van der Waals surface area contributed by atoms with E-state index in [1.807, 2.05) is 32.2 Å². The van der Waals surface area contributed by atoms with Gasteiger partial charge in [-0.2, -0.15) is 5.10 Å². The smallest absolute Gasteiger partial charge is 0.129 e. The Morgan fingerprint density at radius 2 is 1.86 bits per heavy atom. The summed E-state index contributed by atoms with van der Waals surface area (Å²) >= 11 is 0. The Morgan fingerprint density at radius 3 is 2.57 bits per heavy atom. The molecule has 2 heterocycles. The number of aromatic nitrogens is 3. The van der Waals surface area contributed by atoms with E-state index in [1.54, 1.807) is 10.9 Å². The highest BCUT2D eigenvalue weighted by molar-refractivity contribution is 5.88. The molecule has 0 unspecified atom stereocenters. The van der Waals surface area contributed by atoms with Gasteiger partial charge in [0.25, 0.3) is 0 Å². The zero-order chi connectivity index (χ0) is 15.0. The van der Waals surface area contributed by atoms with Crippen LogP contribution in [0.4, 0.5) is 5.82 Å². The lowest BCUT2D eigenvalue weighted by Crippen LogP contribution is -1.98. The second-order valence-electron chi connectivity index (χ2n) is 5.29. The highest BCUT2D eigenvalue weighted by Crippen LogP contribution is 2.36. The summed E-state index contributed by atoms with van der Waals surface area (Å²) in [5, 5.41) is 4.59. The molecule has 0 saturated carbocycles. The number of hydrogen-bond acceptors (Lipinski definition) is 3. The van der Waals surface area contributed by atoms with Crippen LogP contribution in [-0.4, -0.2) is 14.8 Å². The second kappa shape index (κ2) is 5.05. The Hall–Kier alpha value is -2.62. The van der Waals surface area contributed by atoms with Gasteiger partial charge in [-0.05, 0) is 31.5 Å². The van der Waals surface area contributed by atoms with Gasteiger partial charge in [0.1, 0.15) is 11.5 Å². The second-order valence-corrected chi connectivity index (χ2v) is 5.29. The molecule has 2 N–H and O–H groups in total. The summed E-state index contributed by atoms with van der Waals surface area (Å²) in [6.45, 7) is 4.05. The van der Waals surface area contributed by atoms with Crippen LogP contribution >= 0.6 is 0 Å². The zero-order valence-corrected chi connectivity index (χ0v) is 12.5. The van der Waals surface area contributed by atoms with Crippen LogP contribution in [-0.2, 0) is 7.05 Å². The van der Waals surface area contributed by atoms with Crippen LogP contribution in [0.1, 0.15) is 11.3 Å². The van der Waals surface area contributed by atoms with Crippen molar-refractivity contribution in [1.82, 2.24) is 14.8 Å². The molecule has 0 bridgehead atoms. The molecule has 4 nitrogen and oxygen atoms in total. The predicted molar refractivity (Wildman–Crippen MR) is 85.8 cm³/mol. The summed E-state index contributed by atoms with van der Waals surface area (Å²) in [6.07, 6.45) is 1.80. The van der Waals surface area contributed by atoms with Gasteiger partial charge in [-0.1, -0.05) is 29.8 Å². The highest BCUT2D eigenvalue weighted by atomic mass is 15.3. The molecule has 106 valence electrons. The molecule has 4 heteroatoms. The van der Waals surface area contributed by atoms with Crippen molar-refractivity contribution in [3.05, 3.63) is 53.9 Å². The first-order chi connectivity index (χ1) is 10.1. The first kappa shape index (κ1) is 13.4. The molecule has 0 atom stereocenters. The van der Waals surface area contributed by atoms with Crippen molar-refractivity contribution < 1.29 is 0 Å². The fourth-order valence-corrected chi connectivity index (χ4v) is 2.52. The van der Waals surface area contributed by atoms with E-state index in [-0.39, 0.29) is 0 Å². The number of anilines is 1. The van der Waals surface area contributed by atoms with Gasteiger partial charge >= 0.3 is 0 Å². The molecule has 21 heavy (non-hydrogen) atoms. The van der Waals surface area contributed by atoms with Crippen molar-refractivity contribution in [3.63, 3.8) is 0 Å². The lowest BCUT2D eigenvalue weighted by molar-refractivity contribution is 0.782. The van der Waals surface area contributed by atoms with Gasteiger partial charge in [0.15, 0.2) is 0 Å². The molecule has 0 radical (unpaired) electrons. The Labute approximate surface area is 124 Å². The number of nitrogens with two attached hydrogens (primary N) is 1.